The third-order valence-corrected chi connectivity index (χ3v) is 3.86. The number of carbonyl (C=O) groups excluding carboxylic acids is 2. The molecule has 1 amide bonds. The minimum atomic E-state index is -0.509. The van der Waals surface area contributed by atoms with Gasteiger partial charge in [-0.05, 0) is 26.2 Å². The van der Waals surface area contributed by atoms with E-state index in [0.717, 1.165) is 12.8 Å². The third-order valence-electron chi connectivity index (χ3n) is 3.86. The van der Waals surface area contributed by atoms with Crippen molar-refractivity contribution in [1.29, 1.82) is 0 Å². The molecule has 1 aromatic heterocycles. The lowest BCUT2D eigenvalue weighted by Crippen LogP contribution is -2.48. The maximum atomic E-state index is 12.9. The molecule has 1 aromatic rings. The number of nitrogens with zero attached hydrogens (tertiary/aromatic N) is 2. The lowest BCUT2D eigenvalue weighted by Gasteiger charge is -2.33. The zero-order valence-corrected chi connectivity index (χ0v) is 13.0. The molecule has 6 heteroatoms. The average molecular weight is 294 g/mol. The Hall–Kier alpha value is -1.85. The summed E-state index contributed by atoms with van der Waals surface area (Å²) < 4.78 is 10.1. The van der Waals surface area contributed by atoms with Gasteiger partial charge in [0.05, 0.1) is 12.8 Å². The molecule has 0 spiro atoms. The highest BCUT2D eigenvalue weighted by Gasteiger charge is 2.36. The number of carbonyl (C=O) groups is 2. The van der Waals surface area contributed by atoms with Crippen molar-refractivity contribution in [2.24, 2.45) is 0 Å². The van der Waals surface area contributed by atoms with E-state index in [1.54, 1.807) is 11.8 Å². The van der Waals surface area contributed by atoms with Crippen molar-refractivity contribution in [3.63, 3.8) is 0 Å². The summed E-state index contributed by atoms with van der Waals surface area (Å²) in [6, 6.07) is -0.509. The van der Waals surface area contributed by atoms with Crippen LogP contribution in [0.2, 0.25) is 0 Å². The summed E-state index contributed by atoms with van der Waals surface area (Å²) in [6.07, 6.45) is 2.45. The van der Waals surface area contributed by atoms with Crippen molar-refractivity contribution in [2.75, 3.05) is 13.7 Å². The molecule has 1 saturated heterocycles. The minimum absolute atomic E-state index is 0.0616. The minimum Gasteiger partial charge on any atom is -0.467 e. The second kappa shape index (κ2) is 6.28. The standard InChI is InChI=1S/C15H22N2O4/c1-9(2)13-12(10(3)16-21-13)14(18)17-8-6-5-7-11(17)15(19)20-4/h9,11H,5-8H2,1-4H3. The number of rotatable bonds is 3. The molecule has 21 heavy (non-hydrogen) atoms. The summed E-state index contributed by atoms with van der Waals surface area (Å²) in [5.41, 5.74) is 1.05. The lowest BCUT2D eigenvalue weighted by molar-refractivity contribution is -0.147. The largest absolute Gasteiger partial charge is 0.467 e. The zero-order chi connectivity index (χ0) is 15.6. The smallest absolute Gasteiger partial charge is 0.328 e. The molecule has 6 nitrogen and oxygen atoms in total. The predicted octanol–water partition coefficient (Wildman–Crippen LogP) is 2.27. The van der Waals surface area contributed by atoms with E-state index in [9.17, 15) is 9.59 Å². The van der Waals surface area contributed by atoms with Crippen molar-refractivity contribution in [3.05, 3.63) is 17.0 Å². The monoisotopic (exact) mass is 294 g/mol. The van der Waals surface area contributed by atoms with Gasteiger partial charge in [-0.3, -0.25) is 4.79 Å². The molecule has 0 aromatic carbocycles. The Morgan fingerprint density at radius 3 is 2.71 bits per heavy atom. The average Bonchev–Trinajstić information content (AvgIpc) is 2.87. The van der Waals surface area contributed by atoms with E-state index in [2.05, 4.69) is 5.16 Å². The molecule has 1 aliphatic rings. The number of methoxy groups -OCH3 is 1. The van der Waals surface area contributed by atoms with Crippen LogP contribution in [0.5, 0.6) is 0 Å². The van der Waals surface area contributed by atoms with Crippen molar-refractivity contribution in [3.8, 4) is 0 Å². The fourth-order valence-corrected chi connectivity index (χ4v) is 2.74. The number of amides is 1. The van der Waals surface area contributed by atoms with Gasteiger partial charge in [-0.2, -0.15) is 0 Å². The molecule has 1 fully saturated rings. The molecule has 0 N–H and O–H groups in total. The van der Waals surface area contributed by atoms with E-state index in [4.69, 9.17) is 9.26 Å². The molecule has 0 aliphatic carbocycles. The Kier molecular flexibility index (Phi) is 4.65. The molecule has 2 rings (SSSR count). The van der Waals surface area contributed by atoms with Crippen LogP contribution in [-0.4, -0.2) is 41.6 Å². The summed E-state index contributed by atoms with van der Waals surface area (Å²) in [4.78, 5) is 26.4. The Morgan fingerprint density at radius 2 is 2.10 bits per heavy atom. The highest BCUT2D eigenvalue weighted by molar-refractivity contribution is 5.98. The van der Waals surface area contributed by atoms with E-state index in [0.29, 0.717) is 30.0 Å². The van der Waals surface area contributed by atoms with Gasteiger partial charge in [-0.1, -0.05) is 19.0 Å². The molecule has 0 saturated carbocycles. The Labute approximate surface area is 124 Å². The molecule has 1 atom stereocenters. The predicted molar refractivity (Wildman–Crippen MR) is 76.0 cm³/mol. The quantitative estimate of drug-likeness (QED) is 0.800. The van der Waals surface area contributed by atoms with E-state index in [-0.39, 0.29) is 17.8 Å². The van der Waals surface area contributed by atoms with Gasteiger partial charge in [0.15, 0.2) is 5.76 Å². The molecule has 116 valence electrons. The fraction of sp³-hybridized carbons (Fsp3) is 0.667. The van der Waals surface area contributed by atoms with Gasteiger partial charge in [0.2, 0.25) is 0 Å². The number of esters is 1. The van der Waals surface area contributed by atoms with Crippen molar-refractivity contribution < 1.29 is 18.8 Å². The molecule has 0 radical (unpaired) electrons. The number of likely N-dealkylation sites (tertiary alicyclic amines) is 1. The van der Waals surface area contributed by atoms with Gasteiger partial charge >= 0.3 is 5.97 Å². The highest BCUT2D eigenvalue weighted by Crippen LogP contribution is 2.27. The first-order valence-corrected chi connectivity index (χ1v) is 7.32. The summed E-state index contributed by atoms with van der Waals surface area (Å²) >= 11 is 0. The van der Waals surface area contributed by atoms with Crippen molar-refractivity contribution >= 4 is 11.9 Å². The maximum absolute atomic E-state index is 12.9. The third kappa shape index (κ3) is 2.94. The van der Waals surface area contributed by atoms with Crippen LogP contribution in [0, 0.1) is 6.92 Å². The lowest BCUT2D eigenvalue weighted by atomic mass is 9.98. The Bertz CT molecular complexity index is 536. The summed E-state index contributed by atoms with van der Waals surface area (Å²) in [5.74, 6) is 0.0917. The van der Waals surface area contributed by atoms with E-state index in [1.165, 1.54) is 7.11 Å². The zero-order valence-electron chi connectivity index (χ0n) is 13.0. The van der Waals surface area contributed by atoms with Crippen LogP contribution < -0.4 is 0 Å². The second-order valence-electron chi connectivity index (χ2n) is 5.70. The first kappa shape index (κ1) is 15.5. The van der Waals surface area contributed by atoms with E-state index in [1.807, 2.05) is 13.8 Å². The van der Waals surface area contributed by atoms with Gasteiger partial charge in [0.25, 0.3) is 5.91 Å². The van der Waals surface area contributed by atoms with Crippen LogP contribution >= 0.6 is 0 Å². The summed E-state index contributed by atoms with van der Waals surface area (Å²) in [6.45, 7) is 6.20. The van der Waals surface area contributed by atoms with Crippen LogP contribution in [0.1, 0.15) is 60.8 Å². The van der Waals surface area contributed by atoms with Crippen molar-refractivity contribution in [1.82, 2.24) is 10.1 Å². The number of ether oxygens (including phenoxy) is 1. The molecule has 0 bridgehead atoms. The number of piperidine rings is 1. The van der Waals surface area contributed by atoms with Crippen LogP contribution in [0.4, 0.5) is 0 Å². The molecular formula is C15H22N2O4. The molecular weight excluding hydrogens is 272 g/mol. The van der Waals surface area contributed by atoms with Crippen LogP contribution in [0.25, 0.3) is 0 Å². The summed E-state index contributed by atoms with van der Waals surface area (Å²) in [5, 5.41) is 3.91. The fourth-order valence-electron chi connectivity index (χ4n) is 2.74. The van der Waals surface area contributed by atoms with Crippen LogP contribution in [-0.2, 0) is 9.53 Å². The van der Waals surface area contributed by atoms with E-state index >= 15 is 0 Å². The number of hydrogen-bond acceptors (Lipinski definition) is 5. The molecule has 2 heterocycles. The number of hydrogen-bond donors (Lipinski definition) is 0. The normalized spacial score (nSPS) is 18.9. The SMILES string of the molecule is COC(=O)C1CCCCN1C(=O)c1c(C)noc1C(C)C. The van der Waals surface area contributed by atoms with Gasteiger partial charge < -0.3 is 14.2 Å². The summed E-state index contributed by atoms with van der Waals surface area (Å²) in [7, 11) is 1.35. The molecule has 1 aliphatic heterocycles. The van der Waals surface area contributed by atoms with Crippen LogP contribution in [0.3, 0.4) is 0 Å². The van der Waals surface area contributed by atoms with Gasteiger partial charge in [-0.15, -0.1) is 0 Å². The maximum Gasteiger partial charge on any atom is 0.328 e. The topological polar surface area (TPSA) is 72.6 Å². The van der Waals surface area contributed by atoms with Crippen molar-refractivity contribution in [2.45, 2.75) is 52.0 Å². The Morgan fingerprint density at radius 1 is 1.38 bits per heavy atom. The van der Waals surface area contributed by atoms with E-state index < -0.39 is 6.04 Å². The highest BCUT2D eigenvalue weighted by atomic mass is 16.5. The van der Waals surface area contributed by atoms with Gasteiger partial charge in [0.1, 0.15) is 11.6 Å². The first-order valence-electron chi connectivity index (χ1n) is 7.32. The Balaban J connectivity index is 2.33. The molecule has 1 unspecified atom stereocenters. The van der Waals surface area contributed by atoms with Gasteiger partial charge in [0, 0.05) is 12.5 Å². The first-order chi connectivity index (χ1) is 9.97. The van der Waals surface area contributed by atoms with Crippen LogP contribution in [0.15, 0.2) is 4.52 Å². The van der Waals surface area contributed by atoms with Gasteiger partial charge in [-0.25, -0.2) is 4.79 Å². The second-order valence-corrected chi connectivity index (χ2v) is 5.70. The number of aryl methyl sites for hydroxylation is 1. The number of aromatic nitrogens is 1.